The molecular weight excluding hydrogens is 382 g/mol. The van der Waals surface area contributed by atoms with Crippen LogP contribution in [0, 0.1) is 11.3 Å². The van der Waals surface area contributed by atoms with Gasteiger partial charge in [0.05, 0.1) is 11.6 Å². The number of carbonyl (C=O) groups excluding carboxylic acids is 2. The highest BCUT2D eigenvalue weighted by atomic mass is 16.1. The summed E-state index contributed by atoms with van der Waals surface area (Å²) >= 11 is 0. The van der Waals surface area contributed by atoms with E-state index in [2.05, 4.69) is 21.4 Å². The third-order valence-electron chi connectivity index (χ3n) is 4.86. The van der Waals surface area contributed by atoms with Gasteiger partial charge in [0.25, 0.3) is 5.91 Å². The van der Waals surface area contributed by atoms with E-state index in [4.69, 9.17) is 11.5 Å². The summed E-state index contributed by atoms with van der Waals surface area (Å²) in [4.78, 5) is 33.7. The van der Waals surface area contributed by atoms with E-state index >= 15 is 0 Å². The Kier molecular flexibility index (Phi) is 4.74. The Morgan fingerprint density at radius 2 is 1.83 bits per heavy atom. The van der Waals surface area contributed by atoms with E-state index in [0.717, 1.165) is 11.1 Å². The molecule has 0 spiro atoms. The summed E-state index contributed by atoms with van der Waals surface area (Å²) in [6.45, 7) is 0.929. The van der Waals surface area contributed by atoms with Gasteiger partial charge in [-0.05, 0) is 41.5 Å². The van der Waals surface area contributed by atoms with E-state index in [1.165, 1.54) is 6.20 Å². The summed E-state index contributed by atoms with van der Waals surface area (Å²) < 4.78 is 0. The number of carbonyl (C=O) groups is 2. The zero-order chi connectivity index (χ0) is 21.3. The van der Waals surface area contributed by atoms with E-state index < -0.39 is 11.8 Å². The number of nitrogens with one attached hydrogen (secondary N) is 1. The average Bonchev–Trinajstić information content (AvgIpc) is 3.18. The van der Waals surface area contributed by atoms with Crippen LogP contribution in [0.25, 0.3) is 0 Å². The molecule has 0 saturated heterocycles. The molecule has 4 rings (SSSR count). The third kappa shape index (κ3) is 3.49. The Hall–Kier alpha value is -4.45. The molecule has 0 atom stereocenters. The molecule has 1 aliphatic rings. The smallest absolute Gasteiger partial charge is 0.254 e. The van der Waals surface area contributed by atoms with E-state index in [1.54, 1.807) is 30.3 Å². The standard InChI is InChI=1S/C21H17N7O2/c22-8-13-2-1-3-14-10-28(11-17(13)14)20-16(19(24)30)9-25-21(27-20)26-15-6-4-12(5-7-15)18(23)29/h1-7,9H,10-11H2,(H2,23,29)(H2,24,30)(H,25,26,27). The number of hydrogen-bond acceptors (Lipinski definition) is 7. The number of hydrogen-bond donors (Lipinski definition) is 3. The van der Waals surface area contributed by atoms with E-state index in [0.29, 0.717) is 35.7 Å². The largest absolute Gasteiger partial charge is 0.366 e. The molecule has 2 aromatic carbocycles. The highest BCUT2D eigenvalue weighted by Gasteiger charge is 2.26. The van der Waals surface area contributed by atoms with Crippen molar-refractivity contribution in [2.24, 2.45) is 11.5 Å². The Bertz CT molecular complexity index is 1200. The van der Waals surface area contributed by atoms with Gasteiger partial charge in [0.15, 0.2) is 0 Å². The predicted octanol–water partition coefficient (Wildman–Crippen LogP) is 1.81. The molecule has 1 aromatic heterocycles. The summed E-state index contributed by atoms with van der Waals surface area (Å²) in [5.41, 5.74) is 14.5. The highest BCUT2D eigenvalue weighted by Crippen LogP contribution is 2.31. The quantitative estimate of drug-likeness (QED) is 0.592. The minimum absolute atomic E-state index is 0.191. The molecule has 2 heterocycles. The molecule has 0 aliphatic carbocycles. The minimum atomic E-state index is -0.640. The number of amides is 2. The monoisotopic (exact) mass is 399 g/mol. The van der Waals surface area contributed by atoms with Crippen LogP contribution in [-0.4, -0.2) is 21.8 Å². The Labute approximate surface area is 172 Å². The van der Waals surface area contributed by atoms with Crippen molar-refractivity contribution >= 4 is 29.3 Å². The lowest BCUT2D eigenvalue weighted by Gasteiger charge is -2.19. The first-order chi connectivity index (χ1) is 14.5. The van der Waals surface area contributed by atoms with Crippen molar-refractivity contribution in [3.05, 3.63) is 76.5 Å². The van der Waals surface area contributed by atoms with Gasteiger partial charge in [-0.15, -0.1) is 0 Å². The second kappa shape index (κ2) is 7.52. The molecule has 5 N–H and O–H groups in total. The second-order valence-corrected chi connectivity index (χ2v) is 6.77. The van der Waals surface area contributed by atoms with Crippen LogP contribution in [0.5, 0.6) is 0 Å². The van der Waals surface area contributed by atoms with E-state index in [1.807, 2.05) is 17.0 Å². The molecule has 30 heavy (non-hydrogen) atoms. The molecule has 2 amide bonds. The van der Waals surface area contributed by atoms with E-state index in [9.17, 15) is 14.9 Å². The second-order valence-electron chi connectivity index (χ2n) is 6.77. The predicted molar refractivity (Wildman–Crippen MR) is 110 cm³/mol. The molecule has 0 fully saturated rings. The van der Waals surface area contributed by atoms with Crippen LogP contribution >= 0.6 is 0 Å². The van der Waals surface area contributed by atoms with Crippen molar-refractivity contribution in [3.8, 4) is 6.07 Å². The molecule has 1 aliphatic heterocycles. The van der Waals surface area contributed by atoms with Gasteiger partial charge in [0.1, 0.15) is 11.4 Å². The zero-order valence-electron chi connectivity index (χ0n) is 15.8. The maximum absolute atomic E-state index is 11.9. The van der Waals surface area contributed by atoms with Gasteiger partial charge in [0, 0.05) is 30.5 Å². The van der Waals surface area contributed by atoms with E-state index in [-0.39, 0.29) is 11.5 Å². The third-order valence-corrected chi connectivity index (χ3v) is 4.86. The Balaban J connectivity index is 1.65. The van der Waals surface area contributed by atoms with Gasteiger partial charge in [-0.25, -0.2) is 4.98 Å². The average molecular weight is 399 g/mol. The molecule has 0 radical (unpaired) electrons. The molecule has 0 saturated carbocycles. The molecule has 3 aromatic rings. The molecule has 0 bridgehead atoms. The number of benzene rings is 2. The fourth-order valence-electron chi connectivity index (χ4n) is 3.37. The topological polar surface area (TPSA) is 151 Å². The van der Waals surface area contributed by atoms with Gasteiger partial charge in [0.2, 0.25) is 11.9 Å². The first-order valence-corrected chi connectivity index (χ1v) is 9.06. The van der Waals surface area contributed by atoms with Crippen molar-refractivity contribution in [1.82, 2.24) is 9.97 Å². The maximum Gasteiger partial charge on any atom is 0.254 e. The lowest BCUT2D eigenvalue weighted by atomic mass is 10.1. The van der Waals surface area contributed by atoms with Crippen molar-refractivity contribution < 1.29 is 9.59 Å². The number of nitriles is 1. The number of anilines is 3. The number of fused-ring (bicyclic) bond motifs is 1. The van der Waals surface area contributed by atoms with Crippen molar-refractivity contribution in [3.63, 3.8) is 0 Å². The first kappa shape index (κ1) is 18.9. The number of rotatable bonds is 5. The maximum atomic E-state index is 11.9. The van der Waals surface area contributed by atoms with Crippen LogP contribution in [0.4, 0.5) is 17.5 Å². The van der Waals surface area contributed by atoms with Gasteiger partial charge in [-0.3, -0.25) is 9.59 Å². The van der Waals surface area contributed by atoms with Gasteiger partial charge in [-0.2, -0.15) is 10.2 Å². The number of primary amides is 2. The summed E-state index contributed by atoms with van der Waals surface area (Å²) in [6, 6.07) is 14.3. The zero-order valence-corrected chi connectivity index (χ0v) is 15.8. The van der Waals surface area contributed by atoms with Gasteiger partial charge in [-0.1, -0.05) is 12.1 Å². The Morgan fingerprint density at radius 1 is 1.07 bits per heavy atom. The lowest BCUT2D eigenvalue weighted by Crippen LogP contribution is -2.23. The van der Waals surface area contributed by atoms with Crippen LogP contribution < -0.4 is 21.7 Å². The summed E-state index contributed by atoms with van der Waals surface area (Å²) in [7, 11) is 0. The SMILES string of the molecule is N#Cc1cccc2c1CN(c1nc(Nc3ccc(C(N)=O)cc3)ncc1C(N)=O)C2. The highest BCUT2D eigenvalue weighted by molar-refractivity contribution is 5.97. The van der Waals surface area contributed by atoms with Crippen LogP contribution in [0.3, 0.4) is 0 Å². The van der Waals surface area contributed by atoms with Crippen molar-refractivity contribution in [1.29, 1.82) is 5.26 Å². The molecule has 9 heteroatoms. The summed E-state index contributed by atoms with van der Waals surface area (Å²) in [6.07, 6.45) is 1.37. The lowest BCUT2D eigenvalue weighted by molar-refractivity contribution is 0.0991. The molecule has 9 nitrogen and oxygen atoms in total. The summed E-state index contributed by atoms with van der Waals surface area (Å²) in [5, 5.41) is 12.4. The molecule has 148 valence electrons. The number of nitrogens with two attached hydrogens (primary N) is 2. The number of nitrogens with zero attached hydrogens (tertiary/aromatic N) is 4. The fraction of sp³-hybridized carbons (Fsp3) is 0.0952. The minimum Gasteiger partial charge on any atom is -0.366 e. The van der Waals surface area contributed by atoms with Crippen LogP contribution in [0.1, 0.15) is 37.4 Å². The number of aromatic nitrogens is 2. The summed E-state index contributed by atoms with van der Waals surface area (Å²) in [5.74, 6) is -0.512. The van der Waals surface area contributed by atoms with Gasteiger partial charge >= 0.3 is 0 Å². The normalized spacial score (nSPS) is 12.2. The van der Waals surface area contributed by atoms with Crippen LogP contribution in [0.15, 0.2) is 48.7 Å². The van der Waals surface area contributed by atoms with Gasteiger partial charge < -0.3 is 21.7 Å². The fourth-order valence-corrected chi connectivity index (χ4v) is 3.37. The first-order valence-electron chi connectivity index (χ1n) is 9.06. The van der Waals surface area contributed by atoms with Crippen LogP contribution in [-0.2, 0) is 13.1 Å². The van der Waals surface area contributed by atoms with Crippen LogP contribution in [0.2, 0.25) is 0 Å². The Morgan fingerprint density at radius 3 is 2.50 bits per heavy atom. The van der Waals surface area contributed by atoms with Crippen molar-refractivity contribution in [2.45, 2.75) is 13.1 Å². The molecule has 0 unspecified atom stereocenters. The molecular formula is C21H17N7O2. The van der Waals surface area contributed by atoms with Crippen molar-refractivity contribution in [2.75, 3.05) is 10.2 Å².